The Balaban J connectivity index is 1.92. The number of hydrogen-bond donors (Lipinski definition) is 1. The summed E-state index contributed by atoms with van der Waals surface area (Å²) in [4.78, 5) is 12.1. The van der Waals surface area contributed by atoms with Crippen LogP contribution in [0.5, 0.6) is 0 Å². The molecule has 1 fully saturated rings. The van der Waals surface area contributed by atoms with Gasteiger partial charge in [-0.05, 0) is 24.9 Å². The SMILES string of the molecule is O=C(Cc1ccccc1)C1CCCCCN1. The molecule has 1 aromatic rings. The van der Waals surface area contributed by atoms with E-state index in [9.17, 15) is 4.79 Å². The third-order valence-corrected chi connectivity index (χ3v) is 3.17. The van der Waals surface area contributed by atoms with Gasteiger partial charge in [0.05, 0.1) is 6.04 Å². The molecule has 1 aliphatic heterocycles. The van der Waals surface area contributed by atoms with E-state index in [1.54, 1.807) is 0 Å². The average molecular weight is 217 g/mol. The topological polar surface area (TPSA) is 29.1 Å². The molecule has 1 saturated heterocycles. The van der Waals surface area contributed by atoms with Crippen LogP contribution in [-0.2, 0) is 11.2 Å². The zero-order chi connectivity index (χ0) is 11.2. The Morgan fingerprint density at radius 1 is 1.19 bits per heavy atom. The molecule has 16 heavy (non-hydrogen) atoms. The maximum Gasteiger partial charge on any atom is 0.154 e. The van der Waals surface area contributed by atoms with Gasteiger partial charge in [0.1, 0.15) is 0 Å². The van der Waals surface area contributed by atoms with Crippen LogP contribution in [0.1, 0.15) is 31.2 Å². The van der Waals surface area contributed by atoms with Crippen molar-refractivity contribution in [3.05, 3.63) is 35.9 Å². The fraction of sp³-hybridized carbons (Fsp3) is 0.500. The van der Waals surface area contributed by atoms with Crippen molar-refractivity contribution in [1.82, 2.24) is 5.32 Å². The van der Waals surface area contributed by atoms with E-state index in [1.165, 1.54) is 19.3 Å². The molecular formula is C14H19NO. The first-order valence-corrected chi connectivity index (χ1v) is 6.16. The van der Waals surface area contributed by atoms with E-state index in [-0.39, 0.29) is 6.04 Å². The Hall–Kier alpha value is -1.15. The lowest BCUT2D eigenvalue weighted by Gasteiger charge is -2.14. The molecule has 1 atom stereocenters. The summed E-state index contributed by atoms with van der Waals surface area (Å²) >= 11 is 0. The van der Waals surface area contributed by atoms with Crippen LogP contribution in [0.2, 0.25) is 0 Å². The normalized spacial score (nSPS) is 21.4. The van der Waals surface area contributed by atoms with Crippen molar-refractivity contribution in [2.45, 2.75) is 38.1 Å². The smallest absolute Gasteiger partial charge is 0.154 e. The minimum Gasteiger partial charge on any atom is -0.307 e. The first-order valence-electron chi connectivity index (χ1n) is 6.16. The second-order valence-electron chi connectivity index (χ2n) is 4.48. The summed E-state index contributed by atoms with van der Waals surface area (Å²) in [5.41, 5.74) is 1.12. The standard InChI is InChI=1S/C14H19NO/c16-14(11-12-7-3-1-4-8-12)13-9-5-2-6-10-15-13/h1,3-4,7-8,13,15H,2,5-6,9-11H2. The van der Waals surface area contributed by atoms with E-state index in [0.29, 0.717) is 12.2 Å². The predicted molar refractivity (Wildman–Crippen MR) is 65.4 cm³/mol. The molecule has 0 bridgehead atoms. The number of carbonyl (C=O) groups is 1. The lowest BCUT2D eigenvalue weighted by atomic mass is 10.0. The zero-order valence-electron chi connectivity index (χ0n) is 9.61. The summed E-state index contributed by atoms with van der Waals surface area (Å²) < 4.78 is 0. The molecule has 0 amide bonds. The van der Waals surface area contributed by atoms with Crippen molar-refractivity contribution in [1.29, 1.82) is 0 Å². The molecule has 2 rings (SSSR count). The fourth-order valence-electron chi connectivity index (χ4n) is 2.22. The van der Waals surface area contributed by atoms with Gasteiger partial charge in [0.25, 0.3) is 0 Å². The van der Waals surface area contributed by atoms with Gasteiger partial charge in [0.2, 0.25) is 0 Å². The Bertz CT molecular complexity index is 326. The zero-order valence-corrected chi connectivity index (χ0v) is 9.61. The van der Waals surface area contributed by atoms with Gasteiger partial charge in [-0.1, -0.05) is 43.2 Å². The van der Waals surface area contributed by atoms with Gasteiger partial charge < -0.3 is 5.32 Å². The highest BCUT2D eigenvalue weighted by atomic mass is 16.1. The first-order chi connectivity index (χ1) is 7.86. The van der Waals surface area contributed by atoms with Crippen LogP contribution in [0.15, 0.2) is 30.3 Å². The maximum absolute atomic E-state index is 12.1. The Morgan fingerprint density at radius 2 is 2.00 bits per heavy atom. The fourth-order valence-corrected chi connectivity index (χ4v) is 2.22. The van der Waals surface area contributed by atoms with Gasteiger partial charge >= 0.3 is 0 Å². The maximum atomic E-state index is 12.1. The van der Waals surface area contributed by atoms with Crippen molar-refractivity contribution in [3.8, 4) is 0 Å². The van der Waals surface area contributed by atoms with Crippen LogP contribution in [0, 0.1) is 0 Å². The predicted octanol–water partition coefficient (Wildman–Crippen LogP) is 2.33. The minimum atomic E-state index is 0.0858. The molecule has 86 valence electrons. The van der Waals surface area contributed by atoms with Crippen LogP contribution in [0.3, 0.4) is 0 Å². The molecule has 0 aliphatic carbocycles. The minimum absolute atomic E-state index is 0.0858. The largest absolute Gasteiger partial charge is 0.307 e. The van der Waals surface area contributed by atoms with E-state index < -0.39 is 0 Å². The average Bonchev–Trinajstić information content (AvgIpc) is 2.59. The highest BCUT2D eigenvalue weighted by Gasteiger charge is 2.19. The van der Waals surface area contributed by atoms with Crippen molar-refractivity contribution in [2.24, 2.45) is 0 Å². The highest BCUT2D eigenvalue weighted by molar-refractivity contribution is 5.86. The third-order valence-electron chi connectivity index (χ3n) is 3.17. The van der Waals surface area contributed by atoms with Gasteiger partial charge in [-0.15, -0.1) is 0 Å². The van der Waals surface area contributed by atoms with Crippen LogP contribution < -0.4 is 5.32 Å². The Kier molecular flexibility index (Phi) is 4.11. The molecule has 1 aliphatic rings. The van der Waals surface area contributed by atoms with E-state index in [2.05, 4.69) is 5.32 Å². The van der Waals surface area contributed by atoms with Gasteiger partial charge in [0, 0.05) is 6.42 Å². The van der Waals surface area contributed by atoms with Crippen molar-refractivity contribution in [3.63, 3.8) is 0 Å². The summed E-state index contributed by atoms with van der Waals surface area (Å²) in [5.74, 6) is 0.341. The molecule has 0 aromatic heterocycles. The van der Waals surface area contributed by atoms with Crippen LogP contribution in [0.4, 0.5) is 0 Å². The second-order valence-corrected chi connectivity index (χ2v) is 4.48. The van der Waals surface area contributed by atoms with Gasteiger partial charge in [-0.2, -0.15) is 0 Å². The molecule has 1 aromatic carbocycles. The number of carbonyl (C=O) groups excluding carboxylic acids is 1. The number of ketones is 1. The molecule has 1 heterocycles. The monoisotopic (exact) mass is 217 g/mol. The molecule has 1 N–H and O–H groups in total. The highest BCUT2D eigenvalue weighted by Crippen LogP contribution is 2.11. The number of rotatable bonds is 3. The van der Waals surface area contributed by atoms with E-state index in [1.807, 2.05) is 30.3 Å². The van der Waals surface area contributed by atoms with Crippen molar-refractivity contribution in [2.75, 3.05) is 6.54 Å². The molecule has 0 radical (unpaired) electrons. The van der Waals surface area contributed by atoms with Gasteiger partial charge in [-0.3, -0.25) is 4.79 Å². The molecule has 0 saturated carbocycles. The number of nitrogens with one attached hydrogen (secondary N) is 1. The summed E-state index contributed by atoms with van der Waals surface area (Å²) in [6.07, 6.45) is 5.21. The van der Waals surface area contributed by atoms with E-state index >= 15 is 0 Å². The van der Waals surface area contributed by atoms with Crippen LogP contribution >= 0.6 is 0 Å². The lowest BCUT2D eigenvalue weighted by molar-refractivity contribution is -0.120. The molecule has 2 heteroatoms. The van der Waals surface area contributed by atoms with E-state index in [0.717, 1.165) is 18.5 Å². The number of Topliss-reactive ketones (excluding diaryl/α,β-unsaturated/α-hetero) is 1. The Morgan fingerprint density at radius 3 is 2.81 bits per heavy atom. The quantitative estimate of drug-likeness (QED) is 0.842. The molecule has 0 spiro atoms. The summed E-state index contributed by atoms with van der Waals surface area (Å²) in [5, 5.41) is 3.35. The van der Waals surface area contributed by atoms with E-state index in [4.69, 9.17) is 0 Å². The second kappa shape index (κ2) is 5.80. The van der Waals surface area contributed by atoms with Gasteiger partial charge in [0.15, 0.2) is 5.78 Å². The molecule has 2 nitrogen and oxygen atoms in total. The first kappa shape index (κ1) is 11.3. The van der Waals surface area contributed by atoms with Gasteiger partial charge in [-0.25, -0.2) is 0 Å². The lowest BCUT2D eigenvalue weighted by Crippen LogP contribution is -2.36. The molecule has 1 unspecified atom stereocenters. The summed E-state index contributed by atoms with van der Waals surface area (Å²) in [7, 11) is 0. The molecular weight excluding hydrogens is 198 g/mol. The summed E-state index contributed by atoms with van der Waals surface area (Å²) in [6, 6.07) is 10.1. The number of hydrogen-bond acceptors (Lipinski definition) is 2. The summed E-state index contributed by atoms with van der Waals surface area (Å²) in [6.45, 7) is 0.991. The third kappa shape index (κ3) is 3.17. The van der Waals surface area contributed by atoms with Crippen LogP contribution in [0.25, 0.3) is 0 Å². The van der Waals surface area contributed by atoms with Crippen molar-refractivity contribution >= 4 is 5.78 Å². The Labute approximate surface area is 97.1 Å². The van der Waals surface area contributed by atoms with Crippen LogP contribution in [-0.4, -0.2) is 18.4 Å². The number of benzene rings is 1. The van der Waals surface area contributed by atoms with Crippen molar-refractivity contribution < 1.29 is 4.79 Å².